The normalized spacial score (nSPS) is 15.1. The molecule has 4 nitrogen and oxygen atoms in total. The van der Waals surface area contributed by atoms with E-state index in [1.54, 1.807) is 6.20 Å². The van der Waals surface area contributed by atoms with Crippen LogP contribution >= 0.6 is 0 Å². The number of nitrogens with zero attached hydrogens (tertiary/aromatic N) is 3. The van der Waals surface area contributed by atoms with Gasteiger partial charge in [0, 0.05) is 37.9 Å². The molecule has 0 radical (unpaired) electrons. The van der Waals surface area contributed by atoms with Gasteiger partial charge in [-0.3, -0.25) is 4.79 Å². The topological polar surface area (TPSA) is 36.4 Å². The summed E-state index contributed by atoms with van der Waals surface area (Å²) in [5.41, 5.74) is 2.15. The second kappa shape index (κ2) is 8.84. The van der Waals surface area contributed by atoms with Gasteiger partial charge in [-0.2, -0.15) is 0 Å². The highest BCUT2D eigenvalue weighted by atomic mass is 16.2. The molecule has 1 amide bonds. The Bertz CT molecular complexity index is 704. The zero-order valence-electron chi connectivity index (χ0n) is 15.9. The van der Waals surface area contributed by atoms with E-state index in [9.17, 15) is 4.79 Å². The van der Waals surface area contributed by atoms with E-state index in [0.29, 0.717) is 5.92 Å². The second-order valence-electron chi connectivity index (χ2n) is 7.00. The van der Waals surface area contributed by atoms with Gasteiger partial charge in [-0.15, -0.1) is 0 Å². The van der Waals surface area contributed by atoms with Crippen molar-refractivity contribution < 1.29 is 4.79 Å². The molecule has 138 valence electrons. The molecule has 0 unspecified atom stereocenters. The molecule has 1 aliphatic heterocycles. The fourth-order valence-corrected chi connectivity index (χ4v) is 3.74. The predicted octanol–water partition coefficient (Wildman–Crippen LogP) is 4.02. The Balaban J connectivity index is 1.59. The van der Waals surface area contributed by atoms with Gasteiger partial charge in [0.2, 0.25) is 0 Å². The lowest BCUT2D eigenvalue weighted by Gasteiger charge is -2.32. The fraction of sp³-hybridized carbons (Fsp3) is 0.455. The number of pyridine rings is 1. The van der Waals surface area contributed by atoms with Crippen molar-refractivity contribution >= 4 is 11.7 Å². The number of carbonyl (C=O) groups is 1. The van der Waals surface area contributed by atoms with E-state index in [1.807, 2.05) is 17.0 Å². The number of rotatable bonds is 6. The number of aromatic nitrogens is 1. The Morgan fingerprint density at radius 1 is 1.12 bits per heavy atom. The Morgan fingerprint density at radius 2 is 1.81 bits per heavy atom. The smallest absolute Gasteiger partial charge is 0.254 e. The molecular weight excluding hydrogens is 322 g/mol. The number of hydrogen-bond acceptors (Lipinski definition) is 3. The first-order chi connectivity index (χ1) is 12.7. The van der Waals surface area contributed by atoms with Crippen molar-refractivity contribution in [2.24, 2.45) is 5.92 Å². The van der Waals surface area contributed by atoms with E-state index in [4.69, 9.17) is 0 Å². The first-order valence-corrected chi connectivity index (χ1v) is 9.75. The van der Waals surface area contributed by atoms with Crippen molar-refractivity contribution in [3.63, 3.8) is 0 Å². The molecular formula is C22H29N3O. The van der Waals surface area contributed by atoms with Crippen LogP contribution in [0, 0.1) is 5.92 Å². The highest BCUT2D eigenvalue weighted by molar-refractivity contribution is 5.94. The van der Waals surface area contributed by atoms with E-state index in [-0.39, 0.29) is 5.91 Å². The summed E-state index contributed by atoms with van der Waals surface area (Å²) in [6.45, 7) is 7.70. The second-order valence-corrected chi connectivity index (χ2v) is 7.00. The summed E-state index contributed by atoms with van der Waals surface area (Å²) in [5.74, 6) is 1.70. The molecule has 0 bridgehead atoms. The molecule has 1 saturated heterocycles. The first kappa shape index (κ1) is 18.4. The number of anilines is 1. The molecule has 0 spiro atoms. The standard InChI is InChI=1S/C22H29N3O/c1-3-24(4-2)21-17-20(10-13-23-21)22(26)25-14-11-19(12-15-25)16-18-8-6-5-7-9-18/h5-10,13,17,19H,3-4,11-12,14-16H2,1-2H3. The van der Waals surface area contributed by atoms with E-state index >= 15 is 0 Å². The van der Waals surface area contributed by atoms with E-state index in [1.165, 1.54) is 5.56 Å². The van der Waals surface area contributed by atoms with Gasteiger partial charge in [0.1, 0.15) is 5.82 Å². The van der Waals surface area contributed by atoms with Gasteiger partial charge in [0.05, 0.1) is 0 Å². The van der Waals surface area contributed by atoms with E-state index < -0.39 is 0 Å². The van der Waals surface area contributed by atoms with Gasteiger partial charge in [0.25, 0.3) is 5.91 Å². The quantitative estimate of drug-likeness (QED) is 0.788. The lowest BCUT2D eigenvalue weighted by Crippen LogP contribution is -2.39. The van der Waals surface area contributed by atoms with Gasteiger partial charge in [-0.25, -0.2) is 4.98 Å². The summed E-state index contributed by atoms with van der Waals surface area (Å²) in [6.07, 6.45) is 5.02. The maximum absolute atomic E-state index is 12.9. The van der Waals surface area contributed by atoms with Crippen molar-refractivity contribution in [1.82, 2.24) is 9.88 Å². The van der Waals surface area contributed by atoms with Crippen molar-refractivity contribution in [2.45, 2.75) is 33.1 Å². The first-order valence-electron chi connectivity index (χ1n) is 9.75. The van der Waals surface area contributed by atoms with Crippen molar-refractivity contribution in [1.29, 1.82) is 0 Å². The maximum atomic E-state index is 12.9. The van der Waals surface area contributed by atoms with Crippen LogP contribution in [0.15, 0.2) is 48.7 Å². The molecule has 3 rings (SSSR count). The SMILES string of the molecule is CCN(CC)c1cc(C(=O)N2CCC(Cc3ccccc3)CC2)ccn1. The molecule has 2 heterocycles. The van der Waals surface area contributed by atoms with Crippen LogP contribution in [0.4, 0.5) is 5.82 Å². The average molecular weight is 351 g/mol. The Hall–Kier alpha value is -2.36. The summed E-state index contributed by atoms with van der Waals surface area (Å²) in [5, 5.41) is 0. The number of hydrogen-bond donors (Lipinski definition) is 0. The molecule has 1 aromatic carbocycles. The zero-order chi connectivity index (χ0) is 18.4. The van der Waals surface area contributed by atoms with Crippen LogP contribution in [0.25, 0.3) is 0 Å². The van der Waals surface area contributed by atoms with Crippen molar-refractivity contribution in [3.05, 3.63) is 59.8 Å². The van der Waals surface area contributed by atoms with Gasteiger partial charge in [-0.05, 0) is 56.7 Å². The third-order valence-electron chi connectivity index (χ3n) is 5.35. The maximum Gasteiger partial charge on any atom is 0.254 e. The molecule has 4 heteroatoms. The molecule has 2 aromatic rings. The fourth-order valence-electron chi connectivity index (χ4n) is 3.74. The highest BCUT2D eigenvalue weighted by Gasteiger charge is 2.24. The molecule has 0 saturated carbocycles. The molecule has 1 fully saturated rings. The number of carbonyl (C=O) groups excluding carboxylic acids is 1. The molecule has 0 N–H and O–H groups in total. The molecule has 26 heavy (non-hydrogen) atoms. The summed E-state index contributed by atoms with van der Waals surface area (Å²) in [7, 11) is 0. The lowest BCUT2D eigenvalue weighted by molar-refractivity contribution is 0.0690. The minimum Gasteiger partial charge on any atom is -0.357 e. The summed E-state index contributed by atoms with van der Waals surface area (Å²) < 4.78 is 0. The van der Waals surface area contributed by atoms with Crippen LogP contribution in [0.1, 0.15) is 42.6 Å². The molecule has 1 aromatic heterocycles. The highest BCUT2D eigenvalue weighted by Crippen LogP contribution is 2.23. The van der Waals surface area contributed by atoms with Crippen LogP contribution in [-0.4, -0.2) is 42.0 Å². The monoisotopic (exact) mass is 351 g/mol. The van der Waals surface area contributed by atoms with Crippen molar-refractivity contribution in [3.8, 4) is 0 Å². The molecule has 0 atom stereocenters. The molecule has 0 aliphatic carbocycles. The van der Waals surface area contributed by atoms with Gasteiger partial charge in [0.15, 0.2) is 0 Å². The third-order valence-corrected chi connectivity index (χ3v) is 5.35. The lowest BCUT2D eigenvalue weighted by atomic mass is 9.90. The van der Waals surface area contributed by atoms with Crippen LogP contribution in [0.3, 0.4) is 0 Å². The molecule has 1 aliphatic rings. The van der Waals surface area contributed by atoms with Crippen LogP contribution < -0.4 is 4.90 Å². The van der Waals surface area contributed by atoms with E-state index in [2.05, 4.69) is 54.1 Å². The number of likely N-dealkylation sites (tertiary alicyclic amines) is 1. The summed E-state index contributed by atoms with van der Waals surface area (Å²) >= 11 is 0. The minimum absolute atomic E-state index is 0.138. The number of amides is 1. The van der Waals surface area contributed by atoms with Crippen LogP contribution in [0.5, 0.6) is 0 Å². The number of piperidine rings is 1. The van der Waals surface area contributed by atoms with Crippen molar-refractivity contribution in [2.75, 3.05) is 31.1 Å². The Kier molecular flexibility index (Phi) is 6.26. The number of benzene rings is 1. The van der Waals surface area contributed by atoms with Crippen LogP contribution in [-0.2, 0) is 6.42 Å². The van der Waals surface area contributed by atoms with Crippen LogP contribution in [0.2, 0.25) is 0 Å². The van der Waals surface area contributed by atoms with Gasteiger partial charge < -0.3 is 9.80 Å². The van der Waals surface area contributed by atoms with Gasteiger partial charge in [-0.1, -0.05) is 30.3 Å². The summed E-state index contributed by atoms with van der Waals surface area (Å²) in [4.78, 5) is 21.5. The predicted molar refractivity (Wildman–Crippen MR) is 107 cm³/mol. The Labute approximate surface area is 156 Å². The zero-order valence-corrected chi connectivity index (χ0v) is 15.9. The minimum atomic E-state index is 0.138. The average Bonchev–Trinajstić information content (AvgIpc) is 2.70. The van der Waals surface area contributed by atoms with Gasteiger partial charge >= 0.3 is 0 Å². The summed E-state index contributed by atoms with van der Waals surface area (Å²) in [6, 6.07) is 14.4. The third kappa shape index (κ3) is 4.43. The van der Waals surface area contributed by atoms with E-state index in [0.717, 1.165) is 56.8 Å². The Morgan fingerprint density at radius 3 is 2.46 bits per heavy atom. The largest absolute Gasteiger partial charge is 0.357 e.